The van der Waals surface area contributed by atoms with Crippen LogP contribution >= 0.6 is 0 Å². The van der Waals surface area contributed by atoms with Gasteiger partial charge in [0.1, 0.15) is 0 Å². The molecule has 132 valence electrons. The molecule has 0 radical (unpaired) electrons. The number of hydrogen-bond donors (Lipinski definition) is 3. The van der Waals surface area contributed by atoms with Crippen molar-refractivity contribution in [3.8, 4) is 0 Å². The van der Waals surface area contributed by atoms with Gasteiger partial charge in [-0.15, -0.1) is 0 Å². The van der Waals surface area contributed by atoms with Crippen molar-refractivity contribution in [1.29, 1.82) is 0 Å². The van der Waals surface area contributed by atoms with Gasteiger partial charge in [-0.25, -0.2) is 0 Å². The summed E-state index contributed by atoms with van der Waals surface area (Å²) in [6.07, 6.45) is 0.309. The van der Waals surface area contributed by atoms with Crippen molar-refractivity contribution in [2.24, 2.45) is 11.7 Å². The van der Waals surface area contributed by atoms with Crippen LogP contribution in [0.5, 0.6) is 0 Å². The van der Waals surface area contributed by atoms with Crippen LogP contribution in [0.3, 0.4) is 0 Å². The predicted octanol–water partition coefficient (Wildman–Crippen LogP) is 3.10. The van der Waals surface area contributed by atoms with Crippen molar-refractivity contribution in [2.75, 3.05) is 11.9 Å². The predicted molar refractivity (Wildman–Crippen MR) is 100 cm³/mol. The fraction of sp³-hybridized carbons (Fsp3) is 0.300. The second kappa shape index (κ2) is 8.99. The van der Waals surface area contributed by atoms with E-state index in [1.54, 1.807) is 24.3 Å². The van der Waals surface area contributed by atoms with E-state index in [0.717, 1.165) is 0 Å². The molecule has 1 atom stereocenters. The Morgan fingerprint density at radius 2 is 1.64 bits per heavy atom. The lowest BCUT2D eigenvalue weighted by Crippen LogP contribution is -2.29. The van der Waals surface area contributed by atoms with Crippen LogP contribution in [0.2, 0.25) is 0 Å². The molecule has 0 heterocycles. The van der Waals surface area contributed by atoms with Crippen molar-refractivity contribution in [3.63, 3.8) is 0 Å². The molecule has 0 aliphatic rings. The summed E-state index contributed by atoms with van der Waals surface area (Å²) in [4.78, 5) is 23.6. The lowest BCUT2D eigenvalue weighted by molar-refractivity contribution is -0.116. The zero-order valence-corrected chi connectivity index (χ0v) is 14.7. The molecule has 0 aliphatic carbocycles. The molecule has 5 nitrogen and oxygen atoms in total. The largest absolute Gasteiger partial charge is 0.366 e. The number of anilines is 1. The number of carbonyl (C=O) groups is 2. The van der Waals surface area contributed by atoms with Crippen molar-refractivity contribution < 1.29 is 9.59 Å². The van der Waals surface area contributed by atoms with Crippen LogP contribution in [0.1, 0.15) is 42.2 Å². The molecule has 4 N–H and O–H groups in total. The van der Waals surface area contributed by atoms with Crippen LogP contribution in [0.25, 0.3) is 0 Å². The quantitative estimate of drug-likeness (QED) is 0.691. The smallest absolute Gasteiger partial charge is 0.250 e. The van der Waals surface area contributed by atoms with E-state index in [-0.39, 0.29) is 11.9 Å². The summed E-state index contributed by atoms with van der Waals surface area (Å²) in [5.74, 6) is -0.309. The van der Waals surface area contributed by atoms with Gasteiger partial charge < -0.3 is 16.4 Å². The lowest BCUT2D eigenvalue weighted by atomic mass is 9.96. The fourth-order valence-electron chi connectivity index (χ4n) is 2.76. The molecule has 0 saturated heterocycles. The maximum absolute atomic E-state index is 12.2. The number of nitrogens with two attached hydrogens (primary N) is 1. The van der Waals surface area contributed by atoms with Gasteiger partial charge in [0, 0.05) is 19.0 Å². The highest BCUT2D eigenvalue weighted by molar-refractivity contribution is 6.02. The third-order valence-corrected chi connectivity index (χ3v) is 4.01. The Labute approximate surface area is 148 Å². The highest BCUT2D eigenvalue weighted by Gasteiger charge is 2.15. The summed E-state index contributed by atoms with van der Waals surface area (Å²) in [5.41, 5.74) is 7.29. The zero-order chi connectivity index (χ0) is 18.2. The van der Waals surface area contributed by atoms with E-state index in [2.05, 4.69) is 36.6 Å². The van der Waals surface area contributed by atoms with Crippen LogP contribution in [0.15, 0.2) is 54.6 Å². The summed E-state index contributed by atoms with van der Waals surface area (Å²) in [6.45, 7) is 4.84. The minimum Gasteiger partial charge on any atom is -0.366 e. The van der Waals surface area contributed by atoms with E-state index in [0.29, 0.717) is 30.1 Å². The molecule has 0 bridgehead atoms. The average molecular weight is 339 g/mol. The molecule has 0 fully saturated rings. The summed E-state index contributed by atoms with van der Waals surface area (Å²) >= 11 is 0. The Balaban J connectivity index is 1.91. The molecule has 0 aliphatic heterocycles. The minimum absolute atomic E-state index is 0.156. The Morgan fingerprint density at radius 3 is 2.28 bits per heavy atom. The maximum Gasteiger partial charge on any atom is 0.250 e. The van der Waals surface area contributed by atoms with Crippen molar-refractivity contribution in [2.45, 2.75) is 26.3 Å². The van der Waals surface area contributed by atoms with Crippen LogP contribution in [-0.4, -0.2) is 18.4 Å². The van der Waals surface area contributed by atoms with Crippen LogP contribution in [0, 0.1) is 5.92 Å². The van der Waals surface area contributed by atoms with E-state index in [1.807, 2.05) is 18.2 Å². The van der Waals surface area contributed by atoms with Crippen molar-refractivity contribution in [1.82, 2.24) is 5.32 Å². The topological polar surface area (TPSA) is 84.2 Å². The second-order valence-corrected chi connectivity index (χ2v) is 6.29. The summed E-state index contributed by atoms with van der Waals surface area (Å²) in [7, 11) is 0. The van der Waals surface area contributed by atoms with Gasteiger partial charge in [-0.05, 0) is 23.6 Å². The molecule has 2 rings (SSSR count). The minimum atomic E-state index is -0.557. The van der Waals surface area contributed by atoms with Gasteiger partial charge in [0.2, 0.25) is 5.91 Å². The molecule has 0 unspecified atom stereocenters. The van der Waals surface area contributed by atoms with E-state index in [4.69, 9.17) is 5.73 Å². The number of hydrogen-bond acceptors (Lipinski definition) is 3. The molecule has 0 aromatic heterocycles. The fourth-order valence-corrected chi connectivity index (χ4v) is 2.76. The summed E-state index contributed by atoms with van der Waals surface area (Å²) in [5, 5.41) is 6.19. The first kappa shape index (κ1) is 18.7. The average Bonchev–Trinajstić information content (AvgIpc) is 2.59. The van der Waals surface area contributed by atoms with E-state index in [9.17, 15) is 9.59 Å². The number of primary amides is 1. The second-order valence-electron chi connectivity index (χ2n) is 6.29. The van der Waals surface area contributed by atoms with Gasteiger partial charge in [-0.2, -0.15) is 0 Å². The number of carbonyl (C=O) groups excluding carboxylic acids is 2. The van der Waals surface area contributed by atoms with Gasteiger partial charge in [-0.1, -0.05) is 56.3 Å². The lowest BCUT2D eigenvalue weighted by Gasteiger charge is -2.23. The van der Waals surface area contributed by atoms with Gasteiger partial charge >= 0.3 is 0 Å². The van der Waals surface area contributed by atoms with Crippen LogP contribution in [0.4, 0.5) is 5.69 Å². The maximum atomic E-state index is 12.2. The Kier molecular flexibility index (Phi) is 6.71. The molecule has 0 saturated carbocycles. The number of amides is 2. The first-order valence-electron chi connectivity index (χ1n) is 8.46. The van der Waals surface area contributed by atoms with Crippen LogP contribution < -0.4 is 16.4 Å². The summed E-state index contributed by atoms with van der Waals surface area (Å²) in [6, 6.07) is 17.1. The first-order valence-corrected chi connectivity index (χ1v) is 8.46. The number of benzene rings is 2. The molecular formula is C20H25N3O2. The van der Waals surface area contributed by atoms with Crippen molar-refractivity contribution >= 4 is 17.5 Å². The van der Waals surface area contributed by atoms with Gasteiger partial charge in [0.15, 0.2) is 0 Å². The Morgan fingerprint density at radius 1 is 1.00 bits per heavy atom. The highest BCUT2D eigenvalue weighted by atomic mass is 16.2. The Hall–Kier alpha value is -2.66. The molecule has 25 heavy (non-hydrogen) atoms. The van der Waals surface area contributed by atoms with Gasteiger partial charge in [0.25, 0.3) is 5.91 Å². The Bertz CT molecular complexity index is 714. The molecule has 5 heteroatoms. The first-order chi connectivity index (χ1) is 12.0. The van der Waals surface area contributed by atoms with E-state index in [1.165, 1.54) is 5.56 Å². The molecule has 0 spiro atoms. The molecule has 2 amide bonds. The van der Waals surface area contributed by atoms with E-state index < -0.39 is 5.91 Å². The molecular weight excluding hydrogens is 314 g/mol. The van der Waals surface area contributed by atoms with Crippen molar-refractivity contribution in [3.05, 3.63) is 65.7 Å². The van der Waals surface area contributed by atoms with Gasteiger partial charge in [-0.3, -0.25) is 9.59 Å². The SMILES string of the molecule is CC(C)[C@@H](NCCC(=O)Nc1ccccc1C(N)=O)c1ccccc1. The van der Waals surface area contributed by atoms with E-state index >= 15 is 0 Å². The highest BCUT2D eigenvalue weighted by Crippen LogP contribution is 2.21. The molecule has 2 aromatic rings. The van der Waals surface area contributed by atoms with Crippen LogP contribution in [-0.2, 0) is 4.79 Å². The summed E-state index contributed by atoms with van der Waals surface area (Å²) < 4.78 is 0. The standard InChI is InChI=1S/C20H25N3O2/c1-14(2)19(15-8-4-3-5-9-15)22-13-12-18(24)23-17-11-7-6-10-16(17)20(21)25/h3-11,14,19,22H,12-13H2,1-2H3,(H2,21,25)(H,23,24)/t19-/m1/s1. The molecule has 2 aromatic carbocycles. The third kappa shape index (κ3) is 5.43. The number of rotatable bonds is 8. The number of nitrogens with one attached hydrogen (secondary N) is 2. The third-order valence-electron chi connectivity index (χ3n) is 4.01. The number of para-hydroxylation sites is 1. The zero-order valence-electron chi connectivity index (χ0n) is 14.7. The monoisotopic (exact) mass is 339 g/mol. The normalized spacial score (nSPS) is 12.0. The van der Waals surface area contributed by atoms with Gasteiger partial charge in [0.05, 0.1) is 11.3 Å².